The summed E-state index contributed by atoms with van der Waals surface area (Å²) in [5, 5.41) is 11.4. The predicted molar refractivity (Wildman–Crippen MR) is 105 cm³/mol. The predicted octanol–water partition coefficient (Wildman–Crippen LogP) is 5.19. The molecule has 1 fully saturated rings. The zero-order chi connectivity index (χ0) is 17.8. The van der Waals surface area contributed by atoms with E-state index in [2.05, 4.69) is 67.5 Å². The number of hydrogen-bond acceptors (Lipinski definition) is 2. The molecule has 1 saturated carbocycles. The molecule has 2 aromatic rings. The highest BCUT2D eigenvalue weighted by atomic mass is 15.1. The van der Waals surface area contributed by atoms with E-state index >= 15 is 0 Å². The summed E-state index contributed by atoms with van der Waals surface area (Å²) >= 11 is 0. The Morgan fingerprint density at radius 3 is 2.64 bits per heavy atom. The third kappa shape index (κ3) is 4.33. The monoisotopic (exact) mass is 339 g/mol. The molecule has 1 aromatic heterocycles. The van der Waals surface area contributed by atoms with Crippen LogP contribution in [0.4, 0.5) is 0 Å². The molecule has 2 N–H and O–H groups in total. The van der Waals surface area contributed by atoms with Crippen LogP contribution in [0.5, 0.6) is 0 Å². The van der Waals surface area contributed by atoms with Crippen LogP contribution in [0.2, 0.25) is 0 Å². The van der Waals surface area contributed by atoms with E-state index in [9.17, 15) is 0 Å². The first-order valence-corrected chi connectivity index (χ1v) is 9.93. The molecule has 0 unspecified atom stereocenters. The SMILES string of the molecule is CCc1ccc(-c2[nH]ncc2CN[C@@H]2C[C@H](C)CC[C@H]2C(C)C)cc1. The topological polar surface area (TPSA) is 40.7 Å². The second-order valence-electron chi connectivity index (χ2n) is 8.13. The largest absolute Gasteiger partial charge is 0.309 e. The van der Waals surface area contributed by atoms with Gasteiger partial charge in [0.25, 0.3) is 0 Å². The van der Waals surface area contributed by atoms with Crippen LogP contribution in [0.15, 0.2) is 30.5 Å². The first kappa shape index (κ1) is 18.2. The van der Waals surface area contributed by atoms with Gasteiger partial charge in [-0.05, 0) is 48.1 Å². The molecule has 0 aliphatic heterocycles. The van der Waals surface area contributed by atoms with Crippen molar-refractivity contribution in [3.8, 4) is 11.3 Å². The third-order valence-corrected chi connectivity index (χ3v) is 5.95. The number of rotatable bonds is 6. The molecule has 1 heterocycles. The zero-order valence-electron chi connectivity index (χ0n) is 16.2. The summed E-state index contributed by atoms with van der Waals surface area (Å²) in [6.45, 7) is 10.2. The molecule has 136 valence electrons. The Morgan fingerprint density at radius 2 is 1.96 bits per heavy atom. The highest BCUT2D eigenvalue weighted by Gasteiger charge is 2.30. The van der Waals surface area contributed by atoms with Crippen molar-refractivity contribution in [3.05, 3.63) is 41.6 Å². The van der Waals surface area contributed by atoms with Gasteiger partial charge < -0.3 is 5.32 Å². The van der Waals surface area contributed by atoms with Gasteiger partial charge in [-0.25, -0.2) is 0 Å². The lowest BCUT2D eigenvalue weighted by Crippen LogP contribution is -2.42. The Balaban J connectivity index is 1.70. The number of hydrogen-bond donors (Lipinski definition) is 2. The molecule has 0 saturated heterocycles. The first-order valence-electron chi connectivity index (χ1n) is 9.93. The molecule has 3 nitrogen and oxygen atoms in total. The van der Waals surface area contributed by atoms with Gasteiger partial charge in [0.15, 0.2) is 0 Å². The fraction of sp³-hybridized carbons (Fsp3) is 0.591. The Hall–Kier alpha value is -1.61. The first-order chi connectivity index (χ1) is 12.1. The summed E-state index contributed by atoms with van der Waals surface area (Å²) < 4.78 is 0. The maximum absolute atomic E-state index is 4.31. The van der Waals surface area contributed by atoms with E-state index in [0.29, 0.717) is 6.04 Å². The minimum absolute atomic E-state index is 0.619. The van der Waals surface area contributed by atoms with Gasteiger partial charge in [-0.3, -0.25) is 5.10 Å². The highest BCUT2D eigenvalue weighted by molar-refractivity contribution is 5.62. The lowest BCUT2D eigenvalue weighted by atomic mass is 9.74. The second kappa shape index (κ2) is 8.18. The minimum Gasteiger partial charge on any atom is -0.309 e. The van der Waals surface area contributed by atoms with Crippen molar-refractivity contribution >= 4 is 0 Å². The van der Waals surface area contributed by atoms with Crippen LogP contribution < -0.4 is 5.32 Å². The fourth-order valence-electron chi connectivity index (χ4n) is 4.28. The van der Waals surface area contributed by atoms with Crippen LogP contribution in [0, 0.1) is 17.8 Å². The number of nitrogens with one attached hydrogen (secondary N) is 2. The average molecular weight is 340 g/mol. The summed E-state index contributed by atoms with van der Waals surface area (Å²) in [5.74, 6) is 2.36. The maximum atomic E-state index is 4.31. The Labute approximate surface area is 152 Å². The smallest absolute Gasteiger partial charge is 0.0695 e. The van der Waals surface area contributed by atoms with Crippen LogP contribution in [-0.2, 0) is 13.0 Å². The van der Waals surface area contributed by atoms with Crippen molar-refractivity contribution in [1.82, 2.24) is 15.5 Å². The molecular weight excluding hydrogens is 306 g/mol. The van der Waals surface area contributed by atoms with Crippen LogP contribution in [0.25, 0.3) is 11.3 Å². The van der Waals surface area contributed by atoms with E-state index < -0.39 is 0 Å². The fourth-order valence-corrected chi connectivity index (χ4v) is 4.28. The zero-order valence-corrected chi connectivity index (χ0v) is 16.2. The number of aryl methyl sites for hydroxylation is 1. The highest BCUT2D eigenvalue weighted by Crippen LogP contribution is 2.34. The molecular formula is C22H33N3. The van der Waals surface area contributed by atoms with Crippen LogP contribution in [0.3, 0.4) is 0 Å². The maximum Gasteiger partial charge on any atom is 0.0695 e. The third-order valence-electron chi connectivity index (χ3n) is 5.95. The molecule has 3 heteroatoms. The number of aromatic amines is 1. The van der Waals surface area contributed by atoms with Crippen molar-refractivity contribution in [2.75, 3.05) is 0 Å². The van der Waals surface area contributed by atoms with E-state index in [0.717, 1.165) is 36.4 Å². The van der Waals surface area contributed by atoms with Gasteiger partial charge in [0, 0.05) is 18.2 Å². The van der Waals surface area contributed by atoms with Crippen molar-refractivity contribution < 1.29 is 0 Å². The summed E-state index contributed by atoms with van der Waals surface area (Å²) in [6.07, 6.45) is 7.08. The van der Waals surface area contributed by atoms with Gasteiger partial charge in [0.2, 0.25) is 0 Å². The molecule has 0 radical (unpaired) electrons. The van der Waals surface area contributed by atoms with E-state index in [-0.39, 0.29) is 0 Å². The standard InChI is InChI=1S/C22H33N3/c1-5-17-7-9-18(10-8-17)22-19(14-24-25-22)13-23-21-12-16(4)6-11-20(21)15(2)3/h7-10,14-16,20-21,23H,5-6,11-13H2,1-4H3,(H,24,25)/t16-,20+,21-/m1/s1. The van der Waals surface area contributed by atoms with E-state index in [4.69, 9.17) is 0 Å². The Morgan fingerprint density at radius 1 is 1.20 bits per heavy atom. The van der Waals surface area contributed by atoms with E-state index in [1.807, 2.05) is 6.20 Å². The molecule has 3 rings (SSSR count). The van der Waals surface area contributed by atoms with Crippen LogP contribution in [0.1, 0.15) is 58.1 Å². The van der Waals surface area contributed by atoms with Crippen molar-refractivity contribution in [2.24, 2.45) is 17.8 Å². The molecule has 3 atom stereocenters. The van der Waals surface area contributed by atoms with Crippen LogP contribution in [-0.4, -0.2) is 16.2 Å². The molecule has 0 amide bonds. The van der Waals surface area contributed by atoms with E-state index in [1.165, 1.54) is 36.0 Å². The summed E-state index contributed by atoms with van der Waals surface area (Å²) in [4.78, 5) is 0. The number of H-pyrrole nitrogens is 1. The van der Waals surface area contributed by atoms with Gasteiger partial charge in [0.1, 0.15) is 0 Å². The Bertz CT molecular complexity index is 656. The van der Waals surface area contributed by atoms with E-state index in [1.54, 1.807) is 0 Å². The Kier molecular flexibility index (Phi) is 5.95. The molecule has 1 aliphatic carbocycles. The van der Waals surface area contributed by atoms with Gasteiger partial charge in [-0.15, -0.1) is 0 Å². The minimum atomic E-state index is 0.619. The molecule has 0 spiro atoms. The molecule has 1 aliphatic rings. The van der Waals surface area contributed by atoms with Crippen molar-refractivity contribution in [2.45, 2.75) is 66.0 Å². The van der Waals surface area contributed by atoms with Gasteiger partial charge in [-0.1, -0.05) is 58.4 Å². The molecule has 0 bridgehead atoms. The van der Waals surface area contributed by atoms with Crippen LogP contribution >= 0.6 is 0 Å². The van der Waals surface area contributed by atoms with Crippen molar-refractivity contribution in [1.29, 1.82) is 0 Å². The quantitative estimate of drug-likeness (QED) is 0.760. The van der Waals surface area contributed by atoms with Crippen molar-refractivity contribution in [3.63, 3.8) is 0 Å². The molecule has 1 aromatic carbocycles. The number of aromatic nitrogens is 2. The van der Waals surface area contributed by atoms with Gasteiger partial charge >= 0.3 is 0 Å². The van der Waals surface area contributed by atoms with Gasteiger partial charge in [0.05, 0.1) is 11.9 Å². The average Bonchev–Trinajstić information content (AvgIpc) is 3.08. The van der Waals surface area contributed by atoms with Gasteiger partial charge in [-0.2, -0.15) is 5.10 Å². The summed E-state index contributed by atoms with van der Waals surface area (Å²) in [6, 6.07) is 9.45. The number of nitrogens with zero attached hydrogens (tertiary/aromatic N) is 1. The number of benzene rings is 1. The molecule has 25 heavy (non-hydrogen) atoms. The second-order valence-corrected chi connectivity index (χ2v) is 8.13. The summed E-state index contributed by atoms with van der Waals surface area (Å²) in [5.41, 5.74) is 5.02. The lowest BCUT2D eigenvalue weighted by Gasteiger charge is -2.38. The normalized spacial score (nSPS) is 24.0. The summed E-state index contributed by atoms with van der Waals surface area (Å²) in [7, 11) is 0. The lowest BCUT2D eigenvalue weighted by molar-refractivity contribution is 0.169.